The van der Waals surface area contributed by atoms with Gasteiger partial charge >= 0.3 is 0 Å². The fourth-order valence-corrected chi connectivity index (χ4v) is 1.49. The van der Waals surface area contributed by atoms with Crippen LogP contribution < -0.4 is 11.1 Å². The van der Waals surface area contributed by atoms with Crippen molar-refractivity contribution in [3.8, 4) is 0 Å². The molecular weight excluding hydrogens is 182 g/mol. The number of hydrogen-bond donors (Lipinski definition) is 2. The normalized spacial score (nSPS) is 11.9. The van der Waals surface area contributed by atoms with Gasteiger partial charge in [0, 0.05) is 24.2 Å². The maximum Gasteiger partial charge on any atom is 0.0794 e. The number of aromatic nitrogens is 1. The third-order valence-corrected chi connectivity index (χ3v) is 2.72. The van der Waals surface area contributed by atoms with Crippen molar-refractivity contribution in [3.63, 3.8) is 0 Å². The lowest BCUT2D eigenvalue weighted by atomic mass is 9.94. The summed E-state index contributed by atoms with van der Waals surface area (Å²) in [6.07, 6.45) is 1.90. The van der Waals surface area contributed by atoms with E-state index in [0.29, 0.717) is 6.54 Å². The van der Waals surface area contributed by atoms with E-state index in [2.05, 4.69) is 24.1 Å². The average molecular weight is 199 g/mol. The van der Waals surface area contributed by atoms with Gasteiger partial charge in [0.05, 0.1) is 5.51 Å². The van der Waals surface area contributed by atoms with Gasteiger partial charge in [-0.25, -0.2) is 0 Å². The molecule has 1 rings (SSSR count). The molecule has 0 spiro atoms. The molecule has 1 aromatic heterocycles. The molecule has 1 heterocycles. The molecule has 0 aliphatic rings. The van der Waals surface area contributed by atoms with E-state index in [1.807, 2.05) is 11.7 Å². The van der Waals surface area contributed by atoms with E-state index in [-0.39, 0.29) is 5.41 Å². The zero-order valence-corrected chi connectivity index (χ0v) is 9.03. The Morgan fingerprint density at radius 2 is 2.38 bits per heavy atom. The van der Waals surface area contributed by atoms with Gasteiger partial charge in [0.2, 0.25) is 0 Å². The highest BCUT2D eigenvalue weighted by Gasteiger charge is 2.14. The van der Waals surface area contributed by atoms with E-state index >= 15 is 0 Å². The van der Waals surface area contributed by atoms with Crippen molar-refractivity contribution in [2.75, 3.05) is 13.1 Å². The summed E-state index contributed by atoms with van der Waals surface area (Å²) in [5, 5.41) is 3.37. The van der Waals surface area contributed by atoms with Crippen molar-refractivity contribution in [1.29, 1.82) is 0 Å². The lowest BCUT2D eigenvalue weighted by molar-refractivity contribution is 0.352. The molecule has 0 aliphatic carbocycles. The largest absolute Gasteiger partial charge is 0.330 e. The zero-order valence-electron chi connectivity index (χ0n) is 8.21. The van der Waals surface area contributed by atoms with E-state index in [9.17, 15) is 0 Å². The van der Waals surface area contributed by atoms with E-state index in [1.165, 1.54) is 4.88 Å². The van der Waals surface area contributed by atoms with Crippen molar-refractivity contribution >= 4 is 11.3 Å². The summed E-state index contributed by atoms with van der Waals surface area (Å²) in [5.41, 5.74) is 7.65. The maximum absolute atomic E-state index is 5.62. The van der Waals surface area contributed by atoms with Crippen molar-refractivity contribution in [1.82, 2.24) is 10.3 Å². The van der Waals surface area contributed by atoms with Gasteiger partial charge in [-0.1, -0.05) is 13.8 Å². The van der Waals surface area contributed by atoms with Crippen molar-refractivity contribution in [2.24, 2.45) is 11.1 Å². The monoisotopic (exact) mass is 199 g/mol. The molecule has 0 bridgehead atoms. The highest BCUT2D eigenvalue weighted by Crippen LogP contribution is 2.11. The molecule has 0 saturated carbocycles. The first-order valence-electron chi connectivity index (χ1n) is 4.42. The van der Waals surface area contributed by atoms with Crippen LogP contribution >= 0.6 is 11.3 Å². The molecule has 0 unspecified atom stereocenters. The number of hydrogen-bond acceptors (Lipinski definition) is 4. The Kier molecular flexibility index (Phi) is 3.84. The third-order valence-electron chi connectivity index (χ3n) is 1.94. The Bertz CT molecular complexity index is 231. The Morgan fingerprint density at radius 1 is 1.62 bits per heavy atom. The maximum atomic E-state index is 5.62. The van der Waals surface area contributed by atoms with Gasteiger partial charge in [0.1, 0.15) is 0 Å². The van der Waals surface area contributed by atoms with Crippen LogP contribution in [-0.4, -0.2) is 18.1 Å². The van der Waals surface area contributed by atoms with Crippen LogP contribution in [0.15, 0.2) is 11.7 Å². The zero-order chi connectivity index (χ0) is 9.73. The van der Waals surface area contributed by atoms with Gasteiger partial charge in [-0.05, 0) is 12.0 Å². The molecule has 0 saturated heterocycles. The van der Waals surface area contributed by atoms with Crippen LogP contribution in [0.3, 0.4) is 0 Å². The fourth-order valence-electron chi connectivity index (χ4n) is 0.926. The molecule has 13 heavy (non-hydrogen) atoms. The minimum absolute atomic E-state index is 0.185. The van der Waals surface area contributed by atoms with Gasteiger partial charge in [-0.3, -0.25) is 4.98 Å². The van der Waals surface area contributed by atoms with Crippen LogP contribution in [0.25, 0.3) is 0 Å². The van der Waals surface area contributed by atoms with Crippen LogP contribution in [0.4, 0.5) is 0 Å². The molecule has 0 aliphatic heterocycles. The first kappa shape index (κ1) is 10.6. The molecule has 0 amide bonds. The van der Waals surface area contributed by atoms with Gasteiger partial charge < -0.3 is 11.1 Å². The van der Waals surface area contributed by atoms with Crippen LogP contribution in [0.2, 0.25) is 0 Å². The summed E-state index contributed by atoms with van der Waals surface area (Å²) in [7, 11) is 0. The van der Waals surface area contributed by atoms with Crippen LogP contribution in [0, 0.1) is 5.41 Å². The van der Waals surface area contributed by atoms with Gasteiger partial charge in [0.15, 0.2) is 0 Å². The van der Waals surface area contributed by atoms with Crippen LogP contribution in [0.1, 0.15) is 18.7 Å². The number of nitrogens with zero attached hydrogens (tertiary/aromatic N) is 1. The number of nitrogens with one attached hydrogen (secondary N) is 1. The average Bonchev–Trinajstić information content (AvgIpc) is 2.57. The standard InChI is InChI=1S/C9H17N3S/c1-9(2,5-10)6-11-3-8-4-12-7-13-8/h4,7,11H,3,5-6,10H2,1-2H3. The third kappa shape index (κ3) is 3.85. The summed E-state index contributed by atoms with van der Waals surface area (Å²) in [6.45, 7) is 6.87. The highest BCUT2D eigenvalue weighted by atomic mass is 32.1. The Labute approximate surface area is 83.4 Å². The molecule has 3 nitrogen and oxygen atoms in total. The lowest BCUT2D eigenvalue weighted by Crippen LogP contribution is -2.35. The predicted octanol–water partition coefficient (Wildman–Crippen LogP) is 1.22. The minimum atomic E-state index is 0.185. The predicted molar refractivity (Wildman–Crippen MR) is 56.7 cm³/mol. The van der Waals surface area contributed by atoms with Crippen molar-refractivity contribution in [2.45, 2.75) is 20.4 Å². The molecule has 0 radical (unpaired) electrons. The molecule has 3 N–H and O–H groups in total. The summed E-state index contributed by atoms with van der Waals surface area (Å²) in [4.78, 5) is 5.28. The molecule has 4 heteroatoms. The first-order valence-corrected chi connectivity index (χ1v) is 5.30. The van der Waals surface area contributed by atoms with Gasteiger partial charge in [-0.15, -0.1) is 11.3 Å². The Balaban J connectivity index is 2.21. The quantitative estimate of drug-likeness (QED) is 0.749. The number of rotatable bonds is 5. The number of nitrogens with two attached hydrogens (primary N) is 1. The second-order valence-electron chi connectivity index (χ2n) is 3.94. The summed E-state index contributed by atoms with van der Waals surface area (Å²) in [6, 6.07) is 0. The SMILES string of the molecule is CC(C)(CN)CNCc1cncs1. The topological polar surface area (TPSA) is 50.9 Å². The molecule has 0 aromatic carbocycles. The summed E-state index contributed by atoms with van der Waals surface area (Å²) in [5.74, 6) is 0. The van der Waals surface area contributed by atoms with Crippen LogP contribution in [0.5, 0.6) is 0 Å². The lowest BCUT2D eigenvalue weighted by Gasteiger charge is -2.22. The second-order valence-corrected chi connectivity index (χ2v) is 4.91. The number of thiazole rings is 1. The first-order chi connectivity index (χ1) is 6.14. The molecule has 74 valence electrons. The van der Waals surface area contributed by atoms with Crippen LogP contribution in [-0.2, 0) is 6.54 Å². The van der Waals surface area contributed by atoms with E-state index < -0.39 is 0 Å². The van der Waals surface area contributed by atoms with E-state index in [0.717, 1.165) is 13.1 Å². The van der Waals surface area contributed by atoms with Gasteiger partial charge in [0.25, 0.3) is 0 Å². The summed E-state index contributed by atoms with van der Waals surface area (Å²) < 4.78 is 0. The van der Waals surface area contributed by atoms with E-state index in [4.69, 9.17) is 5.73 Å². The van der Waals surface area contributed by atoms with Gasteiger partial charge in [-0.2, -0.15) is 0 Å². The highest BCUT2D eigenvalue weighted by molar-refractivity contribution is 7.09. The van der Waals surface area contributed by atoms with E-state index in [1.54, 1.807) is 11.3 Å². The fraction of sp³-hybridized carbons (Fsp3) is 0.667. The van der Waals surface area contributed by atoms with Crippen molar-refractivity contribution < 1.29 is 0 Å². The molecule has 0 atom stereocenters. The second kappa shape index (κ2) is 4.69. The smallest absolute Gasteiger partial charge is 0.0794 e. The summed E-state index contributed by atoms with van der Waals surface area (Å²) >= 11 is 1.68. The Morgan fingerprint density at radius 3 is 2.92 bits per heavy atom. The molecule has 1 aromatic rings. The minimum Gasteiger partial charge on any atom is -0.330 e. The molecule has 0 fully saturated rings. The Hall–Kier alpha value is -0.450. The molecular formula is C9H17N3S. The van der Waals surface area contributed by atoms with Crippen molar-refractivity contribution in [3.05, 3.63) is 16.6 Å².